The van der Waals surface area contributed by atoms with Crippen molar-refractivity contribution in [2.45, 2.75) is 25.2 Å². The lowest BCUT2D eigenvalue weighted by molar-refractivity contribution is 0.420. The van der Waals surface area contributed by atoms with E-state index < -0.39 is 0 Å². The maximum Gasteiger partial charge on any atom is 0.230 e. The summed E-state index contributed by atoms with van der Waals surface area (Å²) < 4.78 is 1.89. The van der Waals surface area contributed by atoms with Gasteiger partial charge in [0.25, 0.3) is 0 Å². The Morgan fingerprint density at radius 1 is 1.43 bits per heavy atom. The van der Waals surface area contributed by atoms with E-state index >= 15 is 0 Å². The number of hydrogen-bond acceptors (Lipinski definition) is 2. The second-order valence-electron chi connectivity index (χ2n) is 3.92. The average molecular weight is 188 g/mol. The minimum atomic E-state index is 0.108. The van der Waals surface area contributed by atoms with Crippen LogP contribution in [0.1, 0.15) is 30.7 Å². The molecule has 0 radical (unpaired) electrons. The predicted molar refractivity (Wildman–Crippen MR) is 53.4 cm³/mol. The van der Waals surface area contributed by atoms with Gasteiger partial charge in [0, 0.05) is 6.20 Å². The van der Waals surface area contributed by atoms with Crippen molar-refractivity contribution < 1.29 is 5.11 Å². The standard InChI is InChI=1S/C11H12N2O/c14-10-7-13-6-2-5-9(11(13)12-10)8-3-1-4-8/h2,5-8,14H,1,3-4H2. The van der Waals surface area contributed by atoms with Crippen molar-refractivity contribution in [1.82, 2.24) is 9.38 Å². The van der Waals surface area contributed by atoms with Gasteiger partial charge in [0.2, 0.25) is 5.88 Å². The topological polar surface area (TPSA) is 37.5 Å². The van der Waals surface area contributed by atoms with Crippen LogP contribution in [0.3, 0.4) is 0 Å². The third kappa shape index (κ3) is 1.02. The number of aromatic nitrogens is 2. The van der Waals surface area contributed by atoms with Gasteiger partial charge in [-0.25, -0.2) is 0 Å². The Hall–Kier alpha value is -1.51. The van der Waals surface area contributed by atoms with E-state index in [1.54, 1.807) is 6.20 Å². The third-order valence-corrected chi connectivity index (χ3v) is 3.05. The lowest BCUT2D eigenvalue weighted by Crippen LogP contribution is -2.10. The molecule has 0 amide bonds. The highest BCUT2D eigenvalue weighted by atomic mass is 16.3. The van der Waals surface area contributed by atoms with E-state index in [9.17, 15) is 5.11 Å². The van der Waals surface area contributed by atoms with Gasteiger partial charge in [0.15, 0.2) is 0 Å². The SMILES string of the molecule is Oc1cn2cccc(C3CCC3)c2n1. The maximum absolute atomic E-state index is 9.32. The molecule has 14 heavy (non-hydrogen) atoms. The van der Waals surface area contributed by atoms with Crippen LogP contribution in [0.25, 0.3) is 5.65 Å². The Kier molecular flexibility index (Phi) is 1.54. The quantitative estimate of drug-likeness (QED) is 0.745. The molecule has 1 N–H and O–H groups in total. The van der Waals surface area contributed by atoms with Gasteiger partial charge in [0.05, 0.1) is 6.20 Å². The molecule has 1 aliphatic carbocycles. The lowest BCUT2D eigenvalue weighted by atomic mass is 9.80. The summed E-state index contributed by atoms with van der Waals surface area (Å²) in [5.41, 5.74) is 2.19. The Morgan fingerprint density at radius 3 is 3.00 bits per heavy atom. The van der Waals surface area contributed by atoms with E-state index in [2.05, 4.69) is 11.1 Å². The fraction of sp³-hybridized carbons (Fsp3) is 0.364. The number of nitrogens with zero attached hydrogens (tertiary/aromatic N) is 2. The summed E-state index contributed by atoms with van der Waals surface area (Å²) in [5.74, 6) is 0.761. The Morgan fingerprint density at radius 2 is 2.29 bits per heavy atom. The zero-order valence-corrected chi connectivity index (χ0v) is 7.85. The van der Waals surface area contributed by atoms with Gasteiger partial charge in [0.1, 0.15) is 5.65 Å². The molecule has 3 nitrogen and oxygen atoms in total. The summed E-state index contributed by atoms with van der Waals surface area (Å²) in [6.45, 7) is 0. The van der Waals surface area contributed by atoms with Gasteiger partial charge in [-0.15, -0.1) is 0 Å². The van der Waals surface area contributed by atoms with Crippen molar-refractivity contribution in [3.05, 3.63) is 30.1 Å². The van der Waals surface area contributed by atoms with Crippen molar-refractivity contribution in [2.75, 3.05) is 0 Å². The minimum Gasteiger partial charge on any atom is -0.492 e. The molecule has 2 aromatic heterocycles. The molecular formula is C11H12N2O. The van der Waals surface area contributed by atoms with Crippen LogP contribution in [0.2, 0.25) is 0 Å². The van der Waals surface area contributed by atoms with Crippen LogP contribution in [0.4, 0.5) is 0 Å². The molecule has 3 rings (SSSR count). The second kappa shape index (κ2) is 2.74. The van der Waals surface area contributed by atoms with Crippen LogP contribution in [0, 0.1) is 0 Å². The van der Waals surface area contributed by atoms with Crippen LogP contribution >= 0.6 is 0 Å². The first kappa shape index (κ1) is 7.85. The van der Waals surface area contributed by atoms with Crippen LogP contribution in [-0.4, -0.2) is 14.5 Å². The summed E-state index contributed by atoms with van der Waals surface area (Å²) in [4.78, 5) is 4.13. The fourth-order valence-electron chi connectivity index (χ4n) is 2.06. The molecule has 0 aliphatic heterocycles. The number of fused-ring (bicyclic) bond motifs is 1. The molecule has 2 aromatic rings. The monoisotopic (exact) mass is 188 g/mol. The van der Waals surface area contributed by atoms with E-state index in [-0.39, 0.29) is 5.88 Å². The van der Waals surface area contributed by atoms with Gasteiger partial charge in [-0.1, -0.05) is 12.5 Å². The Labute approximate surface area is 82.0 Å². The van der Waals surface area contributed by atoms with E-state index in [0.29, 0.717) is 5.92 Å². The van der Waals surface area contributed by atoms with Gasteiger partial charge in [-0.05, 0) is 30.4 Å². The summed E-state index contributed by atoms with van der Waals surface area (Å²) in [5, 5.41) is 9.32. The zero-order chi connectivity index (χ0) is 9.54. The molecule has 0 bridgehead atoms. The Bertz CT molecular complexity index is 471. The summed E-state index contributed by atoms with van der Waals surface area (Å²) in [6, 6.07) is 4.13. The Balaban J connectivity index is 2.21. The summed E-state index contributed by atoms with van der Waals surface area (Å²) >= 11 is 0. The van der Waals surface area contributed by atoms with Gasteiger partial charge in [-0.2, -0.15) is 4.98 Å². The normalized spacial score (nSPS) is 17.1. The molecule has 0 spiro atoms. The average Bonchev–Trinajstić information content (AvgIpc) is 2.43. The summed E-state index contributed by atoms with van der Waals surface area (Å²) in [7, 11) is 0. The van der Waals surface area contributed by atoms with E-state index in [1.807, 2.05) is 16.7 Å². The minimum absolute atomic E-state index is 0.108. The first-order valence-corrected chi connectivity index (χ1v) is 5.01. The van der Waals surface area contributed by atoms with Crippen LogP contribution < -0.4 is 0 Å². The molecule has 1 aliphatic rings. The zero-order valence-electron chi connectivity index (χ0n) is 7.85. The first-order chi connectivity index (χ1) is 6.84. The molecule has 1 saturated carbocycles. The number of pyridine rings is 1. The molecule has 1 fully saturated rings. The van der Waals surface area contributed by atoms with Crippen LogP contribution in [0.15, 0.2) is 24.5 Å². The second-order valence-corrected chi connectivity index (χ2v) is 3.92. The maximum atomic E-state index is 9.32. The van der Waals surface area contributed by atoms with Crippen LogP contribution in [0.5, 0.6) is 5.88 Å². The van der Waals surface area contributed by atoms with Crippen molar-refractivity contribution in [3.63, 3.8) is 0 Å². The molecule has 0 atom stereocenters. The van der Waals surface area contributed by atoms with E-state index in [4.69, 9.17) is 0 Å². The predicted octanol–water partition coefficient (Wildman–Crippen LogP) is 2.31. The first-order valence-electron chi connectivity index (χ1n) is 5.01. The summed E-state index contributed by atoms with van der Waals surface area (Å²) in [6.07, 6.45) is 7.40. The smallest absolute Gasteiger partial charge is 0.230 e. The van der Waals surface area contributed by atoms with Crippen molar-refractivity contribution >= 4 is 5.65 Å². The van der Waals surface area contributed by atoms with Crippen LogP contribution in [-0.2, 0) is 0 Å². The third-order valence-electron chi connectivity index (χ3n) is 3.05. The fourth-order valence-corrected chi connectivity index (χ4v) is 2.06. The molecule has 72 valence electrons. The highest BCUT2D eigenvalue weighted by Crippen LogP contribution is 2.38. The molecule has 0 unspecified atom stereocenters. The highest BCUT2D eigenvalue weighted by molar-refractivity contribution is 5.52. The number of hydrogen-bond donors (Lipinski definition) is 1. The molecular weight excluding hydrogens is 176 g/mol. The van der Waals surface area contributed by atoms with E-state index in [0.717, 1.165) is 5.65 Å². The highest BCUT2D eigenvalue weighted by Gasteiger charge is 2.22. The number of rotatable bonds is 1. The van der Waals surface area contributed by atoms with Gasteiger partial charge < -0.3 is 9.51 Å². The van der Waals surface area contributed by atoms with E-state index in [1.165, 1.54) is 24.8 Å². The lowest BCUT2D eigenvalue weighted by Gasteiger charge is -2.25. The van der Waals surface area contributed by atoms with Crippen molar-refractivity contribution in [2.24, 2.45) is 0 Å². The number of imidazole rings is 1. The number of aromatic hydroxyl groups is 1. The van der Waals surface area contributed by atoms with Crippen molar-refractivity contribution in [3.8, 4) is 5.88 Å². The van der Waals surface area contributed by atoms with Gasteiger partial charge >= 0.3 is 0 Å². The molecule has 0 saturated heterocycles. The molecule has 0 aromatic carbocycles. The molecule has 2 heterocycles. The molecule has 3 heteroatoms. The largest absolute Gasteiger partial charge is 0.492 e. The van der Waals surface area contributed by atoms with Crippen molar-refractivity contribution in [1.29, 1.82) is 0 Å². The van der Waals surface area contributed by atoms with Gasteiger partial charge in [-0.3, -0.25) is 0 Å².